The Balaban J connectivity index is 0.000000162. The van der Waals surface area contributed by atoms with Crippen molar-refractivity contribution in [3.63, 3.8) is 0 Å². The van der Waals surface area contributed by atoms with Gasteiger partial charge in [0, 0.05) is 24.5 Å². The molecule has 0 unspecified atom stereocenters. The van der Waals surface area contributed by atoms with Gasteiger partial charge in [-0.1, -0.05) is 23.2 Å². The highest BCUT2D eigenvalue weighted by Gasteiger charge is 2.29. The molecule has 2 saturated carbocycles. The second kappa shape index (κ2) is 10.6. The number of aromatic carboxylic acids is 1. The van der Waals surface area contributed by atoms with Crippen molar-refractivity contribution in [3.05, 3.63) is 78.0 Å². The maximum atomic E-state index is 13.6. The molecule has 0 saturated heterocycles. The van der Waals surface area contributed by atoms with Crippen LogP contribution in [0, 0.1) is 11.6 Å². The van der Waals surface area contributed by atoms with Crippen LogP contribution in [0.5, 0.6) is 0 Å². The average Bonchev–Trinajstić information content (AvgIpc) is 3.81. The lowest BCUT2D eigenvalue weighted by atomic mass is 10.2. The third kappa shape index (κ3) is 5.16. The summed E-state index contributed by atoms with van der Waals surface area (Å²) in [6.45, 7) is 1.81. The highest BCUT2D eigenvalue weighted by molar-refractivity contribution is 6.30. The Labute approximate surface area is 233 Å². The zero-order valence-corrected chi connectivity index (χ0v) is 22.3. The number of pyridine rings is 4. The fourth-order valence-corrected chi connectivity index (χ4v) is 4.49. The average molecular weight is 593 g/mol. The Morgan fingerprint density at radius 1 is 0.900 bits per heavy atom. The molecule has 40 heavy (non-hydrogen) atoms. The minimum Gasteiger partial charge on any atom is -0.477 e. The van der Waals surface area contributed by atoms with Gasteiger partial charge in [-0.25, -0.2) is 28.3 Å². The first-order valence-corrected chi connectivity index (χ1v) is 13.0. The van der Waals surface area contributed by atoms with E-state index in [2.05, 4.69) is 9.97 Å². The molecule has 14 heteroatoms. The fraction of sp³-hybridized carbons (Fsp3) is 0.308. The number of fused-ring (bicyclic) bond motifs is 2. The first-order valence-electron chi connectivity index (χ1n) is 12.2. The van der Waals surface area contributed by atoms with Crippen LogP contribution >= 0.6 is 23.2 Å². The quantitative estimate of drug-likeness (QED) is 0.255. The van der Waals surface area contributed by atoms with E-state index < -0.39 is 34.4 Å². The van der Waals surface area contributed by atoms with E-state index in [0.29, 0.717) is 5.65 Å². The van der Waals surface area contributed by atoms with Crippen molar-refractivity contribution in [2.45, 2.75) is 44.7 Å². The second-order valence-corrected chi connectivity index (χ2v) is 10.0. The lowest BCUT2D eigenvalue weighted by Crippen LogP contribution is -2.21. The van der Waals surface area contributed by atoms with Crippen molar-refractivity contribution in [3.8, 4) is 0 Å². The van der Waals surface area contributed by atoms with Crippen LogP contribution in [0.25, 0.3) is 22.1 Å². The normalized spacial score (nSPS) is 14.6. The van der Waals surface area contributed by atoms with Crippen LogP contribution in [0.3, 0.4) is 0 Å². The molecular formula is C26H20Cl2F2N4O6. The van der Waals surface area contributed by atoms with E-state index in [9.17, 15) is 28.0 Å². The highest BCUT2D eigenvalue weighted by atomic mass is 35.5. The van der Waals surface area contributed by atoms with E-state index >= 15 is 0 Å². The third-order valence-electron chi connectivity index (χ3n) is 6.44. The number of aromatic nitrogens is 4. The van der Waals surface area contributed by atoms with E-state index in [1.165, 1.54) is 12.4 Å². The Bertz CT molecular complexity index is 1830. The van der Waals surface area contributed by atoms with Crippen molar-refractivity contribution >= 4 is 57.2 Å². The molecule has 1 N–H and O–H groups in total. The summed E-state index contributed by atoms with van der Waals surface area (Å²) in [4.78, 5) is 55.1. The lowest BCUT2D eigenvalue weighted by Gasteiger charge is -2.11. The molecule has 0 atom stereocenters. The van der Waals surface area contributed by atoms with Gasteiger partial charge in [0.1, 0.15) is 22.4 Å². The molecule has 0 amide bonds. The third-order valence-corrected chi connectivity index (χ3v) is 6.97. The number of ether oxygens (including phenoxy) is 1. The minimum atomic E-state index is -1.34. The number of hydrogen-bond acceptors (Lipinski definition) is 7. The second-order valence-electron chi connectivity index (χ2n) is 9.31. The summed E-state index contributed by atoms with van der Waals surface area (Å²) in [7, 11) is 0. The molecule has 2 aliphatic rings. The van der Waals surface area contributed by atoms with E-state index in [-0.39, 0.29) is 56.5 Å². The maximum Gasteiger partial charge on any atom is 0.343 e. The van der Waals surface area contributed by atoms with Crippen molar-refractivity contribution in [2.75, 3.05) is 6.61 Å². The lowest BCUT2D eigenvalue weighted by molar-refractivity contribution is 0.0523. The predicted octanol–water partition coefficient (Wildman–Crippen LogP) is 4.92. The Hall–Kier alpha value is -3.90. The van der Waals surface area contributed by atoms with Gasteiger partial charge in [0.2, 0.25) is 10.9 Å². The molecule has 0 aliphatic heterocycles. The summed E-state index contributed by atoms with van der Waals surface area (Å²) in [5.41, 5.74) is -1.32. The smallest absolute Gasteiger partial charge is 0.343 e. The zero-order chi connectivity index (χ0) is 28.9. The number of hydrogen-bond donors (Lipinski definition) is 1. The monoisotopic (exact) mass is 592 g/mol. The molecule has 0 spiro atoms. The standard InChI is InChI=1S/C14H12ClFN2O3.C12H8ClFN2O3/c1-2-21-14(20)9-6-18(7-3-4-7)13-8(11(9)19)5-10(16)12(15)17-13;13-10-8(14)3-6-9(17)7(12(18)19)4-16(5-1-2-5)11(6)15-10/h5-7H,2-4H2,1H3;3-5H,1-2H2,(H,18,19). The van der Waals surface area contributed by atoms with Gasteiger partial charge in [-0.15, -0.1) is 0 Å². The van der Waals surface area contributed by atoms with Crippen LogP contribution in [0.2, 0.25) is 10.3 Å². The topological polar surface area (TPSA) is 133 Å². The first kappa shape index (κ1) is 27.7. The van der Waals surface area contributed by atoms with Crippen LogP contribution in [0.15, 0.2) is 34.1 Å². The van der Waals surface area contributed by atoms with Crippen LogP contribution in [0.4, 0.5) is 8.78 Å². The van der Waals surface area contributed by atoms with Gasteiger partial charge in [-0.2, -0.15) is 0 Å². The van der Waals surface area contributed by atoms with Crippen LogP contribution in [-0.2, 0) is 4.74 Å². The number of halogens is 4. The van der Waals surface area contributed by atoms with E-state index in [4.69, 9.17) is 33.0 Å². The molecule has 2 fully saturated rings. The molecule has 0 aromatic carbocycles. The Morgan fingerprint density at radius 3 is 1.73 bits per heavy atom. The SMILES string of the molecule is CCOC(=O)c1cn(C2CC2)c2nc(Cl)c(F)cc2c1=O.O=C(O)c1cn(C2CC2)c2nc(Cl)c(F)cc2c1=O. The Morgan fingerprint density at radius 2 is 1.32 bits per heavy atom. The summed E-state index contributed by atoms with van der Waals surface area (Å²) >= 11 is 11.3. The van der Waals surface area contributed by atoms with Gasteiger partial charge in [0.05, 0.1) is 17.4 Å². The minimum absolute atomic E-state index is 0.0364. The molecule has 10 nitrogen and oxygen atoms in total. The van der Waals surface area contributed by atoms with Gasteiger partial charge < -0.3 is 19.0 Å². The fourth-order valence-electron chi connectivity index (χ4n) is 4.22. The number of nitrogens with zero attached hydrogens (tertiary/aromatic N) is 4. The zero-order valence-electron chi connectivity index (χ0n) is 20.8. The largest absolute Gasteiger partial charge is 0.477 e. The number of carbonyl (C=O) groups is 2. The maximum absolute atomic E-state index is 13.6. The summed E-state index contributed by atoms with van der Waals surface area (Å²) in [5.74, 6) is -3.67. The van der Waals surface area contributed by atoms with Crippen LogP contribution in [0.1, 0.15) is 65.4 Å². The van der Waals surface area contributed by atoms with Crippen molar-refractivity contribution in [2.24, 2.45) is 0 Å². The molecule has 0 radical (unpaired) electrons. The van der Waals surface area contributed by atoms with E-state index in [1.807, 2.05) is 0 Å². The number of rotatable bonds is 5. The first-order chi connectivity index (χ1) is 19.0. The number of carboxylic acid groups (broad SMARTS) is 1. The van der Waals surface area contributed by atoms with Crippen LogP contribution in [-0.4, -0.2) is 42.8 Å². The highest BCUT2D eigenvalue weighted by Crippen LogP contribution is 2.38. The molecule has 6 rings (SSSR count). The van der Waals surface area contributed by atoms with Gasteiger partial charge in [0.25, 0.3) is 0 Å². The molecule has 0 bridgehead atoms. The van der Waals surface area contributed by atoms with Crippen molar-refractivity contribution in [1.29, 1.82) is 0 Å². The molecular weight excluding hydrogens is 573 g/mol. The molecule has 4 aromatic heterocycles. The molecule has 4 aromatic rings. The summed E-state index contributed by atoms with van der Waals surface area (Å²) in [6.07, 6.45) is 6.25. The number of esters is 1. The number of carbonyl (C=O) groups excluding carboxylic acids is 1. The van der Waals surface area contributed by atoms with Crippen molar-refractivity contribution in [1.82, 2.24) is 19.1 Å². The van der Waals surface area contributed by atoms with Gasteiger partial charge in [0.15, 0.2) is 21.9 Å². The summed E-state index contributed by atoms with van der Waals surface area (Å²) < 4.78 is 35.2. The van der Waals surface area contributed by atoms with E-state index in [0.717, 1.165) is 37.8 Å². The van der Waals surface area contributed by atoms with E-state index in [1.54, 1.807) is 16.1 Å². The molecule has 208 valence electrons. The van der Waals surface area contributed by atoms with Crippen molar-refractivity contribution < 1.29 is 28.2 Å². The predicted molar refractivity (Wildman–Crippen MR) is 141 cm³/mol. The molecule has 2 aliphatic carbocycles. The summed E-state index contributed by atoms with van der Waals surface area (Å²) in [6, 6.07) is 2.21. The Kier molecular flexibility index (Phi) is 7.32. The van der Waals surface area contributed by atoms with Gasteiger partial charge in [-0.3, -0.25) is 9.59 Å². The summed E-state index contributed by atoms with van der Waals surface area (Å²) in [5, 5.41) is 8.38. The van der Waals surface area contributed by atoms with Gasteiger partial charge >= 0.3 is 11.9 Å². The van der Waals surface area contributed by atoms with Crippen LogP contribution < -0.4 is 10.9 Å². The molecule has 4 heterocycles. The number of carboxylic acids is 1. The van der Waals surface area contributed by atoms with Gasteiger partial charge in [-0.05, 0) is 44.7 Å².